The molecular weight excluding hydrogens is 328 g/mol. The van der Waals surface area contributed by atoms with E-state index in [1.54, 1.807) is 4.90 Å². The number of amides is 2. The SMILES string of the molecule is CC1Cc2ccccc2N(C(=O)C2CCN(C(=O)OC(C)(C)C)CC2)C1. The second-order valence-electron chi connectivity index (χ2n) is 8.63. The molecule has 1 unspecified atom stereocenters. The van der Waals surface area contributed by atoms with Gasteiger partial charge in [-0.3, -0.25) is 4.79 Å². The topological polar surface area (TPSA) is 49.9 Å². The van der Waals surface area contributed by atoms with Crippen molar-refractivity contribution in [1.82, 2.24) is 4.90 Å². The first-order chi connectivity index (χ1) is 12.2. The summed E-state index contributed by atoms with van der Waals surface area (Å²) >= 11 is 0. The van der Waals surface area contributed by atoms with Gasteiger partial charge in [0.05, 0.1) is 0 Å². The van der Waals surface area contributed by atoms with Gasteiger partial charge in [0.15, 0.2) is 0 Å². The maximum Gasteiger partial charge on any atom is 0.410 e. The number of benzene rings is 1. The predicted molar refractivity (Wildman–Crippen MR) is 102 cm³/mol. The first kappa shape index (κ1) is 18.7. The van der Waals surface area contributed by atoms with E-state index in [0.717, 1.165) is 18.7 Å². The third-order valence-corrected chi connectivity index (χ3v) is 5.11. The van der Waals surface area contributed by atoms with Crippen LogP contribution in [0.2, 0.25) is 0 Å². The molecule has 0 saturated carbocycles. The molecule has 5 nitrogen and oxygen atoms in total. The number of carbonyl (C=O) groups is 2. The van der Waals surface area contributed by atoms with Crippen LogP contribution in [-0.2, 0) is 16.0 Å². The minimum atomic E-state index is -0.489. The van der Waals surface area contributed by atoms with E-state index in [9.17, 15) is 9.59 Å². The highest BCUT2D eigenvalue weighted by molar-refractivity contribution is 5.96. The molecule has 0 spiro atoms. The monoisotopic (exact) mass is 358 g/mol. The highest BCUT2D eigenvalue weighted by Crippen LogP contribution is 2.32. The Labute approximate surface area is 156 Å². The number of rotatable bonds is 1. The van der Waals surface area contributed by atoms with Crippen LogP contribution in [0.1, 0.15) is 46.1 Å². The Morgan fingerprint density at radius 2 is 1.77 bits per heavy atom. The summed E-state index contributed by atoms with van der Waals surface area (Å²) < 4.78 is 5.44. The van der Waals surface area contributed by atoms with Gasteiger partial charge in [-0.25, -0.2) is 4.79 Å². The molecule has 1 atom stereocenters. The number of anilines is 1. The van der Waals surface area contributed by atoms with Crippen molar-refractivity contribution >= 4 is 17.7 Å². The highest BCUT2D eigenvalue weighted by Gasteiger charge is 2.34. The van der Waals surface area contributed by atoms with Crippen molar-refractivity contribution in [2.24, 2.45) is 11.8 Å². The molecule has 1 aromatic carbocycles. The average molecular weight is 358 g/mol. The molecule has 3 rings (SSSR count). The minimum absolute atomic E-state index is 0.0213. The fraction of sp³-hybridized carbons (Fsp3) is 0.619. The lowest BCUT2D eigenvalue weighted by molar-refractivity contribution is -0.124. The van der Waals surface area contributed by atoms with Crippen molar-refractivity contribution in [3.8, 4) is 0 Å². The summed E-state index contributed by atoms with van der Waals surface area (Å²) in [6, 6.07) is 8.21. The first-order valence-corrected chi connectivity index (χ1v) is 9.62. The molecule has 2 heterocycles. The van der Waals surface area contributed by atoms with Crippen molar-refractivity contribution in [3.05, 3.63) is 29.8 Å². The van der Waals surface area contributed by atoms with E-state index in [2.05, 4.69) is 19.1 Å². The van der Waals surface area contributed by atoms with Gasteiger partial charge >= 0.3 is 6.09 Å². The molecule has 5 heteroatoms. The number of hydrogen-bond acceptors (Lipinski definition) is 3. The summed E-state index contributed by atoms with van der Waals surface area (Å²) in [6.45, 7) is 9.75. The van der Waals surface area contributed by atoms with Gasteiger partial charge < -0.3 is 14.5 Å². The van der Waals surface area contributed by atoms with E-state index in [0.29, 0.717) is 31.8 Å². The zero-order valence-electron chi connectivity index (χ0n) is 16.3. The van der Waals surface area contributed by atoms with E-state index in [4.69, 9.17) is 4.74 Å². The molecule has 1 fully saturated rings. The van der Waals surface area contributed by atoms with Crippen LogP contribution in [0.4, 0.5) is 10.5 Å². The molecular formula is C21H30N2O3. The zero-order valence-corrected chi connectivity index (χ0v) is 16.3. The summed E-state index contributed by atoms with van der Waals surface area (Å²) in [5, 5.41) is 0. The van der Waals surface area contributed by atoms with E-state index in [-0.39, 0.29) is 17.9 Å². The number of carbonyl (C=O) groups excluding carboxylic acids is 2. The summed E-state index contributed by atoms with van der Waals surface area (Å²) in [7, 11) is 0. The van der Waals surface area contributed by atoms with Crippen LogP contribution >= 0.6 is 0 Å². The normalized spacial score (nSPS) is 21.3. The van der Waals surface area contributed by atoms with E-state index in [1.165, 1.54) is 5.56 Å². The van der Waals surface area contributed by atoms with Crippen molar-refractivity contribution in [2.45, 2.75) is 52.6 Å². The Morgan fingerprint density at radius 3 is 2.42 bits per heavy atom. The van der Waals surface area contributed by atoms with Crippen LogP contribution in [0.3, 0.4) is 0 Å². The smallest absolute Gasteiger partial charge is 0.410 e. The van der Waals surface area contributed by atoms with E-state index in [1.807, 2.05) is 37.8 Å². The second kappa shape index (κ2) is 7.29. The minimum Gasteiger partial charge on any atom is -0.444 e. The average Bonchev–Trinajstić information content (AvgIpc) is 2.59. The van der Waals surface area contributed by atoms with Crippen LogP contribution in [-0.4, -0.2) is 42.1 Å². The lowest BCUT2D eigenvalue weighted by Gasteiger charge is -2.38. The number of nitrogens with zero attached hydrogens (tertiary/aromatic N) is 2. The zero-order chi connectivity index (χ0) is 18.9. The fourth-order valence-electron chi connectivity index (χ4n) is 3.86. The van der Waals surface area contributed by atoms with Gasteiger partial charge in [0, 0.05) is 31.2 Å². The summed E-state index contributed by atoms with van der Waals surface area (Å²) in [6.07, 6.45) is 2.15. The van der Waals surface area contributed by atoms with Crippen LogP contribution in [0, 0.1) is 11.8 Å². The van der Waals surface area contributed by atoms with Crippen molar-refractivity contribution in [2.75, 3.05) is 24.5 Å². The Balaban J connectivity index is 1.63. The number of likely N-dealkylation sites (tertiary alicyclic amines) is 1. The third kappa shape index (κ3) is 4.19. The van der Waals surface area contributed by atoms with Gasteiger partial charge in [0.25, 0.3) is 0 Å². The number of ether oxygens (including phenoxy) is 1. The molecule has 26 heavy (non-hydrogen) atoms. The van der Waals surface area contributed by atoms with Gasteiger partial charge in [-0.1, -0.05) is 25.1 Å². The summed E-state index contributed by atoms with van der Waals surface area (Å²) in [4.78, 5) is 29.1. The highest BCUT2D eigenvalue weighted by atomic mass is 16.6. The predicted octanol–water partition coefficient (Wildman–Crippen LogP) is 3.86. The maximum atomic E-state index is 13.2. The quantitative estimate of drug-likeness (QED) is 0.766. The van der Waals surface area contributed by atoms with Crippen molar-refractivity contribution < 1.29 is 14.3 Å². The fourth-order valence-corrected chi connectivity index (χ4v) is 3.86. The maximum absolute atomic E-state index is 13.2. The van der Waals surface area contributed by atoms with E-state index >= 15 is 0 Å². The number of fused-ring (bicyclic) bond motifs is 1. The molecule has 1 aromatic rings. The van der Waals surface area contributed by atoms with Gasteiger partial charge in [0.2, 0.25) is 5.91 Å². The van der Waals surface area contributed by atoms with Gasteiger partial charge in [-0.15, -0.1) is 0 Å². The second-order valence-corrected chi connectivity index (χ2v) is 8.63. The Kier molecular flexibility index (Phi) is 5.26. The molecule has 142 valence electrons. The lowest BCUT2D eigenvalue weighted by atomic mass is 9.90. The van der Waals surface area contributed by atoms with Crippen LogP contribution < -0.4 is 4.90 Å². The summed E-state index contributed by atoms with van der Waals surface area (Å²) in [5.41, 5.74) is 1.83. The molecule has 1 saturated heterocycles. The van der Waals surface area contributed by atoms with Crippen molar-refractivity contribution in [3.63, 3.8) is 0 Å². The van der Waals surface area contributed by atoms with Gasteiger partial charge in [-0.05, 0) is 57.6 Å². The van der Waals surface area contributed by atoms with Crippen molar-refractivity contribution in [1.29, 1.82) is 0 Å². The number of piperidine rings is 1. The lowest BCUT2D eigenvalue weighted by Crippen LogP contribution is -2.47. The summed E-state index contributed by atoms with van der Waals surface area (Å²) in [5.74, 6) is 0.649. The standard InChI is InChI=1S/C21H30N2O3/c1-15-13-17-7-5-6-8-18(17)23(14-15)19(24)16-9-11-22(12-10-16)20(25)26-21(2,3)4/h5-8,15-16H,9-14H2,1-4H3. The Hall–Kier alpha value is -2.04. The molecule has 0 bridgehead atoms. The Bertz CT molecular complexity index is 672. The molecule has 2 amide bonds. The Morgan fingerprint density at radius 1 is 1.12 bits per heavy atom. The first-order valence-electron chi connectivity index (χ1n) is 9.62. The van der Waals surface area contributed by atoms with Crippen LogP contribution in [0.15, 0.2) is 24.3 Å². The molecule has 0 N–H and O–H groups in total. The molecule has 2 aliphatic rings. The molecule has 0 radical (unpaired) electrons. The van der Waals surface area contributed by atoms with Gasteiger partial charge in [-0.2, -0.15) is 0 Å². The molecule has 0 aromatic heterocycles. The molecule has 0 aliphatic carbocycles. The van der Waals surface area contributed by atoms with Gasteiger partial charge in [0.1, 0.15) is 5.60 Å². The van der Waals surface area contributed by atoms with Crippen LogP contribution in [0.25, 0.3) is 0 Å². The number of hydrogen-bond donors (Lipinski definition) is 0. The van der Waals surface area contributed by atoms with Crippen LogP contribution in [0.5, 0.6) is 0 Å². The largest absolute Gasteiger partial charge is 0.444 e. The molecule has 2 aliphatic heterocycles. The third-order valence-electron chi connectivity index (χ3n) is 5.11. The van der Waals surface area contributed by atoms with E-state index < -0.39 is 5.60 Å². The number of para-hydroxylation sites is 1.